The lowest BCUT2D eigenvalue weighted by molar-refractivity contribution is 0.481. The first-order valence-corrected chi connectivity index (χ1v) is 6.65. The summed E-state index contributed by atoms with van der Waals surface area (Å²) in [7, 11) is 0. The number of amidine groups is 1. The van der Waals surface area contributed by atoms with Crippen LogP contribution < -0.4 is 10.5 Å². The molecule has 0 unspecified atom stereocenters. The molecule has 2 aromatic carbocycles. The topological polar surface area (TPSA) is 59.1 Å². The van der Waals surface area contributed by atoms with Crippen molar-refractivity contribution in [3.05, 3.63) is 57.6 Å². The van der Waals surface area contributed by atoms with Gasteiger partial charge in [0.2, 0.25) is 0 Å². The Kier molecular flexibility index (Phi) is 3.90. The van der Waals surface area contributed by atoms with Crippen molar-refractivity contribution < 1.29 is 4.74 Å². The number of rotatable bonds is 3. The molecule has 0 aromatic heterocycles. The molecule has 0 saturated heterocycles. The SMILES string of the molecule is Cc1ccc(Oc2ccc(Br)c(C)c2)c(C(=N)N)c1. The van der Waals surface area contributed by atoms with Crippen molar-refractivity contribution in [3.63, 3.8) is 0 Å². The molecule has 0 fully saturated rings. The third kappa shape index (κ3) is 3.15. The Hall–Kier alpha value is -1.81. The number of benzene rings is 2. The van der Waals surface area contributed by atoms with Gasteiger partial charge in [-0.1, -0.05) is 27.6 Å². The highest BCUT2D eigenvalue weighted by Gasteiger charge is 2.08. The predicted octanol–water partition coefficient (Wildman–Crippen LogP) is 4.14. The second-order valence-electron chi connectivity index (χ2n) is 4.43. The summed E-state index contributed by atoms with van der Waals surface area (Å²) in [6, 6.07) is 11.4. The van der Waals surface area contributed by atoms with E-state index in [0.29, 0.717) is 11.3 Å². The van der Waals surface area contributed by atoms with Crippen molar-refractivity contribution in [2.75, 3.05) is 0 Å². The molecule has 4 heteroatoms. The number of aryl methyl sites for hydroxylation is 2. The Morgan fingerprint density at radius 2 is 1.89 bits per heavy atom. The van der Waals surface area contributed by atoms with Crippen molar-refractivity contribution in [3.8, 4) is 11.5 Å². The molecule has 0 aliphatic heterocycles. The van der Waals surface area contributed by atoms with Gasteiger partial charge < -0.3 is 10.5 Å². The zero-order valence-electron chi connectivity index (χ0n) is 10.8. The van der Waals surface area contributed by atoms with E-state index in [-0.39, 0.29) is 5.84 Å². The van der Waals surface area contributed by atoms with Gasteiger partial charge in [-0.15, -0.1) is 0 Å². The number of ether oxygens (including phenoxy) is 1. The average molecular weight is 319 g/mol. The second-order valence-corrected chi connectivity index (χ2v) is 5.28. The molecule has 0 saturated carbocycles. The van der Waals surface area contributed by atoms with Crippen molar-refractivity contribution in [2.45, 2.75) is 13.8 Å². The van der Waals surface area contributed by atoms with Crippen molar-refractivity contribution in [2.24, 2.45) is 5.73 Å². The molecule has 2 rings (SSSR count). The van der Waals surface area contributed by atoms with Crippen LogP contribution in [0.4, 0.5) is 0 Å². The fourth-order valence-corrected chi connectivity index (χ4v) is 2.00. The van der Waals surface area contributed by atoms with Crippen LogP contribution >= 0.6 is 15.9 Å². The van der Waals surface area contributed by atoms with E-state index < -0.39 is 0 Å². The Morgan fingerprint density at radius 1 is 1.16 bits per heavy atom. The van der Waals surface area contributed by atoms with E-state index in [1.165, 1.54) is 0 Å². The lowest BCUT2D eigenvalue weighted by Crippen LogP contribution is -2.12. The van der Waals surface area contributed by atoms with E-state index in [0.717, 1.165) is 21.3 Å². The van der Waals surface area contributed by atoms with Crippen molar-refractivity contribution in [1.82, 2.24) is 0 Å². The summed E-state index contributed by atoms with van der Waals surface area (Å²) in [6.45, 7) is 3.96. The van der Waals surface area contributed by atoms with Gasteiger partial charge >= 0.3 is 0 Å². The standard InChI is InChI=1S/C15H15BrN2O/c1-9-3-6-14(12(7-9)15(17)18)19-11-4-5-13(16)10(2)8-11/h3-8H,1-2H3,(H3,17,18). The summed E-state index contributed by atoms with van der Waals surface area (Å²) in [5.41, 5.74) is 8.34. The summed E-state index contributed by atoms with van der Waals surface area (Å²) in [5, 5.41) is 7.61. The van der Waals surface area contributed by atoms with Crippen LogP contribution in [-0.2, 0) is 0 Å². The first kappa shape index (κ1) is 13.6. The van der Waals surface area contributed by atoms with Gasteiger partial charge in [0.15, 0.2) is 0 Å². The second kappa shape index (κ2) is 5.45. The monoisotopic (exact) mass is 318 g/mol. The summed E-state index contributed by atoms with van der Waals surface area (Å²) in [5.74, 6) is 1.33. The number of hydrogen-bond acceptors (Lipinski definition) is 2. The molecular weight excluding hydrogens is 304 g/mol. The average Bonchev–Trinajstić information content (AvgIpc) is 2.36. The Bertz CT molecular complexity index is 638. The number of nitrogen functional groups attached to an aromatic ring is 1. The van der Waals surface area contributed by atoms with Crippen LogP contribution in [0.5, 0.6) is 11.5 Å². The number of nitrogens with one attached hydrogen (secondary N) is 1. The van der Waals surface area contributed by atoms with Crippen molar-refractivity contribution in [1.29, 1.82) is 5.41 Å². The minimum absolute atomic E-state index is 0.00698. The Morgan fingerprint density at radius 3 is 2.53 bits per heavy atom. The minimum Gasteiger partial charge on any atom is -0.457 e. The van der Waals surface area contributed by atoms with Crippen LogP contribution in [0.1, 0.15) is 16.7 Å². The van der Waals surface area contributed by atoms with E-state index in [1.54, 1.807) is 0 Å². The third-order valence-electron chi connectivity index (χ3n) is 2.78. The van der Waals surface area contributed by atoms with Crippen LogP contribution in [0.2, 0.25) is 0 Å². The van der Waals surface area contributed by atoms with Gasteiger partial charge in [0.25, 0.3) is 0 Å². The third-order valence-corrected chi connectivity index (χ3v) is 3.67. The van der Waals surface area contributed by atoms with E-state index in [4.69, 9.17) is 15.9 Å². The fourth-order valence-electron chi connectivity index (χ4n) is 1.75. The lowest BCUT2D eigenvalue weighted by atomic mass is 10.1. The van der Waals surface area contributed by atoms with E-state index in [1.807, 2.05) is 50.2 Å². The van der Waals surface area contributed by atoms with Gasteiger partial charge in [0.05, 0.1) is 5.56 Å². The highest BCUT2D eigenvalue weighted by Crippen LogP contribution is 2.28. The number of nitrogens with two attached hydrogens (primary N) is 1. The zero-order valence-corrected chi connectivity index (χ0v) is 12.4. The predicted molar refractivity (Wildman–Crippen MR) is 81.1 cm³/mol. The highest BCUT2D eigenvalue weighted by atomic mass is 79.9. The molecule has 2 aromatic rings. The molecule has 0 heterocycles. The Balaban J connectivity index is 2.37. The molecule has 19 heavy (non-hydrogen) atoms. The summed E-state index contributed by atoms with van der Waals surface area (Å²) in [4.78, 5) is 0. The minimum atomic E-state index is 0.00698. The van der Waals surface area contributed by atoms with Gasteiger partial charge in [-0.3, -0.25) is 5.41 Å². The summed E-state index contributed by atoms with van der Waals surface area (Å²) >= 11 is 3.45. The van der Waals surface area contributed by atoms with Crippen molar-refractivity contribution >= 4 is 21.8 Å². The summed E-state index contributed by atoms with van der Waals surface area (Å²) in [6.07, 6.45) is 0. The smallest absolute Gasteiger partial charge is 0.138 e. The molecular formula is C15H15BrN2O. The lowest BCUT2D eigenvalue weighted by Gasteiger charge is -2.12. The van der Waals surface area contributed by atoms with Crippen LogP contribution in [0.3, 0.4) is 0 Å². The quantitative estimate of drug-likeness (QED) is 0.660. The van der Waals surface area contributed by atoms with E-state index in [9.17, 15) is 0 Å². The number of halogens is 1. The Labute approximate surface area is 121 Å². The van der Waals surface area contributed by atoms with E-state index in [2.05, 4.69) is 15.9 Å². The first-order valence-electron chi connectivity index (χ1n) is 5.86. The molecule has 98 valence electrons. The highest BCUT2D eigenvalue weighted by molar-refractivity contribution is 9.10. The molecule has 0 aliphatic carbocycles. The van der Waals surface area contributed by atoms with Gasteiger partial charge in [0.1, 0.15) is 17.3 Å². The number of hydrogen-bond donors (Lipinski definition) is 2. The van der Waals surface area contributed by atoms with Crippen LogP contribution in [0.25, 0.3) is 0 Å². The fraction of sp³-hybridized carbons (Fsp3) is 0.133. The maximum atomic E-state index is 7.61. The normalized spacial score (nSPS) is 10.3. The molecule has 3 nitrogen and oxygen atoms in total. The molecule has 0 radical (unpaired) electrons. The molecule has 0 atom stereocenters. The molecule has 0 bridgehead atoms. The van der Waals surface area contributed by atoms with Gasteiger partial charge in [0, 0.05) is 4.47 Å². The maximum Gasteiger partial charge on any atom is 0.138 e. The zero-order chi connectivity index (χ0) is 14.0. The first-order chi connectivity index (χ1) is 8.97. The van der Waals surface area contributed by atoms with Gasteiger partial charge in [-0.25, -0.2) is 0 Å². The molecule has 0 aliphatic rings. The van der Waals surface area contributed by atoms with Crippen LogP contribution in [-0.4, -0.2) is 5.84 Å². The van der Waals surface area contributed by atoms with Crippen LogP contribution in [0, 0.1) is 19.3 Å². The largest absolute Gasteiger partial charge is 0.457 e. The van der Waals surface area contributed by atoms with E-state index >= 15 is 0 Å². The summed E-state index contributed by atoms with van der Waals surface area (Å²) < 4.78 is 6.86. The van der Waals surface area contributed by atoms with Crippen LogP contribution in [0.15, 0.2) is 40.9 Å². The maximum absolute atomic E-state index is 7.61. The van der Waals surface area contributed by atoms with Gasteiger partial charge in [-0.05, 0) is 49.7 Å². The molecule has 3 N–H and O–H groups in total. The van der Waals surface area contributed by atoms with Gasteiger partial charge in [-0.2, -0.15) is 0 Å². The molecule has 0 amide bonds. The molecule has 0 spiro atoms.